The predicted molar refractivity (Wildman–Crippen MR) is 171 cm³/mol. The van der Waals surface area contributed by atoms with Gasteiger partial charge in [-0.05, 0) is 54.8 Å². The second-order valence-corrected chi connectivity index (χ2v) is 10.7. The van der Waals surface area contributed by atoms with Gasteiger partial charge in [-0.25, -0.2) is 4.98 Å². The lowest BCUT2D eigenvalue weighted by atomic mass is 10.00. The fraction of sp³-hybridized carbons (Fsp3) is 0.194. The molecule has 0 unspecified atom stereocenters. The number of nitrogens with zero attached hydrogens (tertiary/aromatic N) is 2. The molecule has 1 aliphatic rings. The summed E-state index contributed by atoms with van der Waals surface area (Å²) in [7, 11) is 0. The number of hydrogen-bond donors (Lipinski definition) is 3. The normalized spacial score (nSPS) is 13.3. The number of rotatable bonds is 7. The molecule has 0 spiro atoms. The molecule has 0 aliphatic carbocycles. The van der Waals surface area contributed by atoms with E-state index in [1.165, 1.54) is 11.1 Å². The number of aryl methyl sites for hydroxylation is 1. The predicted octanol–water partition coefficient (Wildman–Crippen LogP) is 6.52. The molecule has 5 nitrogen and oxygen atoms in total. The highest BCUT2D eigenvalue weighted by Crippen LogP contribution is 2.33. The fourth-order valence-electron chi connectivity index (χ4n) is 5.32. The molecule has 0 radical (unpaired) electrons. The van der Waals surface area contributed by atoms with Gasteiger partial charge in [-0.2, -0.15) is 0 Å². The van der Waals surface area contributed by atoms with Crippen LogP contribution in [-0.2, 0) is 13.1 Å². The number of fused-ring (bicyclic) bond motifs is 2. The third kappa shape index (κ3) is 5.95. The number of nitrogens with one attached hydrogen (secondary N) is 2. The molecule has 3 aromatic carbocycles. The molecule has 0 atom stereocenters. The molecule has 0 saturated carbocycles. The van der Waals surface area contributed by atoms with Crippen LogP contribution in [-0.4, -0.2) is 34.5 Å². The molecular weight excluding hydrogens is 502 g/mol. The minimum Gasteiger partial charge on any atom is -0.381 e. The lowest BCUT2D eigenvalue weighted by Gasteiger charge is -2.19. The Balaban J connectivity index is 1.36. The van der Waals surface area contributed by atoms with E-state index >= 15 is 0 Å². The first-order chi connectivity index (χ1) is 20.1. The summed E-state index contributed by atoms with van der Waals surface area (Å²) in [5.41, 5.74) is 16.1. The van der Waals surface area contributed by atoms with E-state index in [9.17, 15) is 0 Å². The molecule has 0 bridgehead atoms. The Morgan fingerprint density at radius 2 is 1.88 bits per heavy atom. The summed E-state index contributed by atoms with van der Waals surface area (Å²) in [6, 6.07) is 23.3. The number of hydrogen-bond acceptors (Lipinski definition) is 4. The van der Waals surface area contributed by atoms with Crippen LogP contribution < -0.4 is 11.1 Å². The van der Waals surface area contributed by atoms with Crippen molar-refractivity contribution in [3.8, 4) is 23.1 Å². The average molecular weight is 538 g/mol. The van der Waals surface area contributed by atoms with Crippen LogP contribution >= 0.6 is 0 Å². The van der Waals surface area contributed by atoms with Gasteiger partial charge in [0.15, 0.2) is 0 Å². The number of aromatic amines is 1. The maximum absolute atomic E-state index is 5.77. The van der Waals surface area contributed by atoms with E-state index in [1.54, 1.807) is 0 Å². The highest BCUT2D eigenvalue weighted by Gasteiger charge is 2.14. The van der Waals surface area contributed by atoms with E-state index < -0.39 is 0 Å². The van der Waals surface area contributed by atoms with Gasteiger partial charge < -0.3 is 16.0 Å². The van der Waals surface area contributed by atoms with Crippen LogP contribution in [0.25, 0.3) is 38.8 Å². The van der Waals surface area contributed by atoms with Crippen molar-refractivity contribution in [2.45, 2.75) is 26.4 Å². The summed E-state index contributed by atoms with van der Waals surface area (Å²) in [6.45, 7) is 10.6. The van der Waals surface area contributed by atoms with Crippen LogP contribution in [0.3, 0.4) is 0 Å². The molecule has 1 aliphatic heterocycles. The maximum atomic E-state index is 5.77. The Labute approximate surface area is 241 Å². The zero-order chi connectivity index (χ0) is 28.2. The summed E-state index contributed by atoms with van der Waals surface area (Å²) < 4.78 is 0. The first kappa shape index (κ1) is 26.6. The topological polar surface area (TPSA) is 70.0 Å². The SMILES string of the molecule is C=C(NCc1ccc(CN)cc1)c1cc(-c2c[nH]c3ccc(C)cc23)nc2cc(C#CCN3CC=CCC3)ccc12. The van der Waals surface area contributed by atoms with E-state index in [-0.39, 0.29) is 0 Å². The monoisotopic (exact) mass is 537 g/mol. The maximum Gasteiger partial charge on any atom is 0.0737 e. The molecule has 0 amide bonds. The second-order valence-electron chi connectivity index (χ2n) is 10.7. The van der Waals surface area contributed by atoms with Gasteiger partial charge in [0.1, 0.15) is 0 Å². The summed E-state index contributed by atoms with van der Waals surface area (Å²) in [6.07, 6.45) is 7.60. The van der Waals surface area contributed by atoms with Gasteiger partial charge in [-0.1, -0.05) is 72.5 Å². The van der Waals surface area contributed by atoms with Crippen LogP contribution in [0.4, 0.5) is 0 Å². The van der Waals surface area contributed by atoms with Crippen LogP contribution in [0.5, 0.6) is 0 Å². The van der Waals surface area contributed by atoms with Crippen molar-refractivity contribution in [2.24, 2.45) is 5.73 Å². The highest BCUT2D eigenvalue weighted by atomic mass is 15.1. The number of benzene rings is 3. The first-order valence-corrected chi connectivity index (χ1v) is 14.2. The van der Waals surface area contributed by atoms with Gasteiger partial charge >= 0.3 is 0 Å². The molecule has 0 fully saturated rings. The largest absolute Gasteiger partial charge is 0.381 e. The smallest absolute Gasteiger partial charge is 0.0737 e. The minimum atomic E-state index is 0.543. The molecule has 3 heterocycles. The van der Waals surface area contributed by atoms with Crippen molar-refractivity contribution in [3.63, 3.8) is 0 Å². The van der Waals surface area contributed by atoms with Gasteiger partial charge in [0.2, 0.25) is 0 Å². The minimum absolute atomic E-state index is 0.543. The van der Waals surface area contributed by atoms with Crippen molar-refractivity contribution < 1.29 is 0 Å². The van der Waals surface area contributed by atoms with E-state index in [4.69, 9.17) is 10.7 Å². The van der Waals surface area contributed by atoms with Gasteiger partial charge in [0, 0.05) is 71.1 Å². The van der Waals surface area contributed by atoms with Crippen molar-refractivity contribution in [3.05, 3.63) is 119 Å². The number of pyridine rings is 1. The van der Waals surface area contributed by atoms with Gasteiger partial charge in [0.05, 0.1) is 17.8 Å². The Kier molecular flexibility index (Phi) is 7.69. The van der Waals surface area contributed by atoms with Gasteiger partial charge in [-0.3, -0.25) is 4.90 Å². The second kappa shape index (κ2) is 11.9. The lowest BCUT2D eigenvalue weighted by Crippen LogP contribution is -2.27. The zero-order valence-corrected chi connectivity index (χ0v) is 23.5. The zero-order valence-electron chi connectivity index (χ0n) is 23.5. The van der Waals surface area contributed by atoms with Gasteiger partial charge in [0.25, 0.3) is 0 Å². The number of nitrogens with two attached hydrogens (primary N) is 1. The third-order valence-electron chi connectivity index (χ3n) is 7.69. The summed E-state index contributed by atoms with van der Waals surface area (Å²) in [5.74, 6) is 6.74. The molecule has 204 valence electrons. The van der Waals surface area contributed by atoms with Crippen molar-refractivity contribution in [2.75, 3.05) is 19.6 Å². The Hall–Kier alpha value is -4.63. The lowest BCUT2D eigenvalue weighted by molar-refractivity contribution is 0.336. The fourth-order valence-corrected chi connectivity index (χ4v) is 5.32. The van der Waals surface area contributed by atoms with Crippen molar-refractivity contribution in [1.82, 2.24) is 20.2 Å². The van der Waals surface area contributed by atoms with E-state index in [0.717, 1.165) is 81.5 Å². The van der Waals surface area contributed by atoms with Crippen molar-refractivity contribution >= 4 is 27.5 Å². The van der Waals surface area contributed by atoms with E-state index in [1.807, 2.05) is 6.20 Å². The molecule has 0 saturated heterocycles. The molecule has 4 N–H and O–H groups in total. The first-order valence-electron chi connectivity index (χ1n) is 14.2. The van der Waals surface area contributed by atoms with E-state index in [0.29, 0.717) is 13.1 Å². The molecule has 6 rings (SSSR count). The molecule has 41 heavy (non-hydrogen) atoms. The summed E-state index contributed by atoms with van der Waals surface area (Å²) in [4.78, 5) is 10.9. The van der Waals surface area contributed by atoms with Crippen molar-refractivity contribution in [1.29, 1.82) is 0 Å². The molecule has 2 aromatic heterocycles. The third-order valence-corrected chi connectivity index (χ3v) is 7.69. The average Bonchev–Trinajstić information content (AvgIpc) is 3.43. The van der Waals surface area contributed by atoms with Crippen LogP contribution in [0.15, 0.2) is 91.7 Å². The molecular formula is C36H35N5. The van der Waals surface area contributed by atoms with Crippen LogP contribution in [0.2, 0.25) is 0 Å². The highest BCUT2D eigenvalue weighted by molar-refractivity contribution is 5.99. The Bertz CT molecular complexity index is 1810. The summed E-state index contributed by atoms with van der Waals surface area (Å²) in [5, 5.41) is 5.76. The number of aromatic nitrogens is 2. The molecule has 5 aromatic rings. The van der Waals surface area contributed by atoms with Gasteiger partial charge in [-0.15, -0.1) is 0 Å². The van der Waals surface area contributed by atoms with Crippen LogP contribution in [0, 0.1) is 18.8 Å². The standard InChI is InChI=1S/C36H35N5/c1-25-8-15-34-32(19-25)33(24-39-34)36-21-31(26(2)38-23-29-11-9-28(22-37)10-12-29)30-14-13-27(20-35(30)40-36)7-6-18-41-16-4-3-5-17-41/h3-4,8-15,19-21,24,38-39H,2,5,16-18,22-23,37H2,1H3. The molecule has 5 heteroatoms. The Morgan fingerprint density at radius 3 is 2.68 bits per heavy atom. The quantitative estimate of drug-likeness (QED) is 0.163. The summed E-state index contributed by atoms with van der Waals surface area (Å²) >= 11 is 0. The van der Waals surface area contributed by atoms with Crippen LogP contribution in [0.1, 0.15) is 34.2 Å². The van der Waals surface area contributed by atoms with E-state index in [2.05, 4.69) is 119 Å². The number of H-pyrrole nitrogens is 1. The Morgan fingerprint density at radius 1 is 1.02 bits per heavy atom.